The van der Waals surface area contributed by atoms with Gasteiger partial charge >= 0.3 is 0 Å². The maximum atomic E-state index is 12.2. The minimum atomic E-state index is -0.810. The number of aryl methyl sites for hydroxylation is 1. The molecular formula is C17H17ClN2O4. The quantitative estimate of drug-likeness (QED) is 0.626. The summed E-state index contributed by atoms with van der Waals surface area (Å²) in [5.74, 6) is -0.125. The van der Waals surface area contributed by atoms with Crippen molar-refractivity contribution < 1.29 is 14.5 Å². The van der Waals surface area contributed by atoms with Gasteiger partial charge in [-0.2, -0.15) is 0 Å². The molecule has 2 aromatic rings. The molecule has 1 amide bonds. The number of carbonyl (C=O) groups is 1. The monoisotopic (exact) mass is 348 g/mol. The number of nitrogens with one attached hydrogen (secondary N) is 1. The second-order valence-corrected chi connectivity index (χ2v) is 5.58. The lowest BCUT2D eigenvalue weighted by atomic mass is 10.1. The van der Waals surface area contributed by atoms with E-state index in [-0.39, 0.29) is 22.4 Å². The maximum absolute atomic E-state index is 12.2. The van der Waals surface area contributed by atoms with Crippen LogP contribution in [0.2, 0.25) is 5.02 Å². The standard InChI is InChI=1S/C17H17ClN2O4/c1-3-12-4-6-13(7-5-12)19-17(21)11(2)24-16-9-8-14(20(22)23)10-15(16)18/h4-11H,3H2,1-2H3,(H,19,21)/t11-/m0/s1. The number of anilines is 1. The van der Waals surface area contributed by atoms with E-state index in [0.717, 1.165) is 6.42 Å². The number of ether oxygens (including phenoxy) is 1. The van der Waals surface area contributed by atoms with Crippen LogP contribution in [0.4, 0.5) is 11.4 Å². The Balaban J connectivity index is 2.01. The van der Waals surface area contributed by atoms with E-state index < -0.39 is 11.0 Å². The van der Waals surface area contributed by atoms with Crippen molar-refractivity contribution >= 4 is 28.9 Å². The predicted octanol–water partition coefficient (Wildman–Crippen LogP) is 4.22. The van der Waals surface area contributed by atoms with Crippen LogP contribution >= 0.6 is 11.6 Å². The molecule has 0 fully saturated rings. The number of halogens is 1. The summed E-state index contributed by atoms with van der Waals surface area (Å²) in [6.45, 7) is 3.63. The summed E-state index contributed by atoms with van der Waals surface area (Å²) < 4.78 is 5.49. The summed E-state index contributed by atoms with van der Waals surface area (Å²) in [5.41, 5.74) is 1.71. The van der Waals surface area contributed by atoms with Crippen LogP contribution in [0.5, 0.6) is 5.75 Å². The van der Waals surface area contributed by atoms with Crippen LogP contribution in [-0.2, 0) is 11.2 Å². The van der Waals surface area contributed by atoms with Gasteiger partial charge in [0.15, 0.2) is 6.10 Å². The third-order valence-corrected chi connectivity index (χ3v) is 3.72. The fourth-order valence-electron chi connectivity index (χ4n) is 2.01. The largest absolute Gasteiger partial charge is 0.479 e. The molecule has 0 saturated carbocycles. The Hall–Kier alpha value is -2.60. The van der Waals surface area contributed by atoms with Crippen molar-refractivity contribution in [2.75, 3.05) is 5.32 Å². The average Bonchev–Trinajstić information content (AvgIpc) is 2.57. The van der Waals surface area contributed by atoms with Crippen molar-refractivity contribution in [2.45, 2.75) is 26.4 Å². The minimum Gasteiger partial charge on any atom is -0.479 e. The zero-order valence-corrected chi connectivity index (χ0v) is 14.0. The molecule has 0 heterocycles. The van der Waals surface area contributed by atoms with Crippen molar-refractivity contribution in [3.63, 3.8) is 0 Å². The lowest BCUT2D eigenvalue weighted by Crippen LogP contribution is -2.30. The highest BCUT2D eigenvalue weighted by molar-refractivity contribution is 6.32. The van der Waals surface area contributed by atoms with Gasteiger partial charge in [-0.05, 0) is 37.1 Å². The Morgan fingerprint density at radius 3 is 2.50 bits per heavy atom. The van der Waals surface area contributed by atoms with Crippen molar-refractivity contribution in [3.8, 4) is 5.75 Å². The molecule has 126 valence electrons. The fourth-order valence-corrected chi connectivity index (χ4v) is 2.23. The predicted molar refractivity (Wildman–Crippen MR) is 92.6 cm³/mol. The molecule has 2 rings (SSSR count). The molecular weight excluding hydrogens is 332 g/mol. The zero-order chi connectivity index (χ0) is 17.7. The first-order valence-corrected chi connectivity index (χ1v) is 7.79. The topological polar surface area (TPSA) is 81.5 Å². The molecule has 0 unspecified atom stereocenters. The average molecular weight is 349 g/mol. The highest BCUT2D eigenvalue weighted by Gasteiger charge is 2.18. The van der Waals surface area contributed by atoms with Crippen LogP contribution in [-0.4, -0.2) is 16.9 Å². The number of rotatable bonds is 6. The lowest BCUT2D eigenvalue weighted by Gasteiger charge is -2.15. The Kier molecular flexibility index (Phi) is 5.76. The Bertz CT molecular complexity index is 747. The summed E-state index contributed by atoms with van der Waals surface area (Å²) in [7, 11) is 0. The van der Waals surface area contributed by atoms with Crippen LogP contribution < -0.4 is 10.1 Å². The van der Waals surface area contributed by atoms with Crippen LogP contribution in [0.25, 0.3) is 0 Å². The number of nitrogens with zero attached hydrogens (tertiary/aromatic N) is 1. The van der Waals surface area contributed by atoms with Crippen LogP contribution in [0.3, 0.4) is 0 Å². The van der Waals surface area contributed by atoms with Gasteiger partial charge in [0, 0.05) is 17.8 Å². The van der Waals surface area contributed by atoms with Gasteiger partial charge in [0.2, 0.25) is 0 Å². The van der Waals surface area contributed by atoms with E-state index in [1.165, 1.54) is 23.8 Å². The van der Waals surface area contributed by atoms with Crippen molar-refractivity contribution in [1.82, 2.24) is 0 Å². The van der Waals surface area contributed by atoms with Crippen molar-refractivity contribution in [1.29, 1.82) is 0 Å². The highest BCUT2D eigenvalue weighted by atomic mass is 35.5. The number of nitro benzene ring substituents is 1. The van der Waals surface area contributed by atoms with Gasteiger partial charge in [-0.15, -0.1) is 0 Å². The van der Waals surface area contributed by atoms with Crippen molar-refractivity contribution in [3.05, 3.63) is 63.2 Å². The first-order chi connectivity index (χ1) is 11.4. The zero-order valence-electron chi connectivity index (χ0n) is 13.3. The van der Waals surface area contributed by atoms with Gasteiger partial charge in [0.25, 0.3) is 11.6 Å². The molecule has 0 aliphatic rings. The first-order valence-electron chi connectivity index (χ1n) is 7.41. The Labute approximate surface area is 144 Å². The minimum absolute atomic E-state index is 0.0798. The second-order valence-electron chi connectivity index (χ2n) is 5.17. The second kappa shape index (κ2) is 7.79. The van der Waals surface area contributed by atoms with E-state index in [1.807, 2.05) is 24.3 Å². The van der Waals surface area contributed by atoms with E-state index in [2.05, 4.69) is 12.2 Å². The molecule has 0 spiro atoms. The normalized spacial score (nSPS) is 11.6. The van der Waals surface area contributed by atoms with Gasteiger partial charge in [-0.1, -0.05) is 30.7 Å². The summed E-state index contributed by atoms with van der Waals surface area (Å²) in [4.78, 5) is 22.3. The molecule has 7 heteroatoms. The fraction of sp³-hybridized carbons (Fsp3) is 0.235. The summed E-state index contributed by atoms with van der Waals surface area (Å²) in [6, 6.07) is 11.4. The molecule has 0 radical (unpaired) electrons. The molecule has 2 aromatic carbocycles. The molecule has 0 aliphatic heterocycles. The highest BCUT2D eigenvalue weighted by Crippen LogP contribution is 2.29. The SMILES string of the molecule is CCc1ccc(NC(=O)[C@H](C)Oc2ccc([N+](=O)[O-])cc2Cl)cc1. The van der Waals surface area contributed by atoms with Gasteiger partial charge in [-0.3, -0.25) is 14.9 Å². The van der Waals surface area contributed by atoms with Crippen LogP contribution in [0.15, 0.2) is 42.5 Å². The van der Waals surface area contributed by atoms with Crippen LogP contribution in [0.1, 0.15) is 19.4 Å². The van der Waals surface area contributed by atoms with Crippen LogP contribution in [0, 0.1) is 10.1 Å². The number of amides is 1. The molecule has 6 nitrogen and oxygen atoms in total. The van der Waals surface area contributed by atoms with Gasteiger partial charge in [-0.25, -0.2) is 0 Å². The molecule has 0 bridgehead atoms. The van der Waals surface area contributed by atoms with E-state index in [1.54, 1.807) is 6.92 Å². The summed E-state index contributed by atoms with van der Waals surface area (Å²) in [5, 5.41) is 13.5. The van der Waals surface area contributed by atoms with Gasteiger partial charge in [0.05, 0.1) is 9.95 Å². The molecule has 0 aromatic heterocycles. The number of nitro groups is 1. The number of carbonyl (C=O) groups excluding carboxylic acids is 1. The molecule has 24 heavy (non-hydrogen) atoms. The smallest absolute Gasteiger partial charge is 0.271 e. The number of benzene rings is 2. The van der Waals surface area contributed by atoms with Gasteiger partial charge in [0.1, 0.15) is 5.75 Å². The number of hydrogen-bond donors (Lipinski definition) is 1. The molecule has 1 atom stereocenters. The molecule has 0 saturated heterocycles. The number of hydrogen-bond acceptors (Lipinski definition) is 4. The van der Waals surface area contributed by atoms with E-state index in [4.69, 9.17) is 16.3 Å². The summed E-state index contributed by atoms with van der Waals surface area (Å²) >= 11 is 5.95. The molecule has 0 aliphatic carbocycles. The Morgan fingerprint density at radius 1 is 1.29 bits per heavy atom. The van der Waals surface area contributed by atoms with Gasteiger partial charge < -0.3 is 10.1 Å². The van der Waals surface area contributed by atoms with E-state index in [9.17, 15) is 14.9 Å². The summed E-state index contributed by atoms with van der Waals surface area (Å²) in [6.07, 6.45) is 0.113. The number of non-ortho nitro benzene ring substituents is 1. The lowest BCUT2D eigenvalue weighted by molar-refractivity contribution is -0.384. The van der Waals surface area contributed by atoms with E-state index in [0.29, 0.717) is 5.69 Å². The van der Waals surface area contributed by atoms with E-state index >= 15 is 0 Å². The van der Waals surface area contributed by atoms with Crippen molar-refractivity contribution in [2.24, 2.45) is 0 Å². The first kappa shape index (κ1) is 17.7. The Morgan fingerprint density at radius 2 is 1.96 bits per heavy atom. The third kappa shape index (κ3) is 4.45. The molecule has 1 N–H and O–H groups in total. The third-order valence-electron chi connectivity index (χ3n) is 3.43. The maximum Gasteiger partial charge on any atom is 0.271 e.